The van der Waals surface area contributed by atoms with Gasteiger partial charge in [-0.05, 0) is 31.2 Å². The number of H-pyrrole nitrogens is 1. The van der Waals surface area contributed by atoms with E-state index in [2.05, 4.69) is 24.1 Å². The monoisotopic (exact) mass is 264 g/mol. The second-order valence-corrected chi connectivity index (χ2v) is 5.97. The number of amides is 1. The van der Waals surface area contributed by atoms with Gasteiger partial charge in [-0.3, -0.25) is 4.79 Å². The Bertz CT molecular complexity index is 517. The zero-order chi connectivity index (χ0) is 14.2. The molecule has 19 heavy (non-hydrogen) atoms. The van der Waals surface area contributed by atoms with Crippen molar-refractivity contribution >= 4 is 17.6 Å². The van der Waals surface area contributed by atoms with Crippen LogP contribution in [0, 0.1) is 18.3 Å². The van der Waals surface area contributed by atoms with Crippen LogP contribution in [-0.4, -0.2) is 22.0 Å². The zero-order valence-electron chi connectivity index (χ0n) is 11.5. The van der Waals surface area contributed by atoms with Crippen molar-refractivity contribution in [2.75, 3.05) is 5.32 Å². The standard InChI is InChI=1S/C14H20N2O3/c1-8-7-10(11(15-8)13(18)19)16-12(17)9-5-4-6-14(9,2)3/h7,9,15H,4-6H2,1-3H3,(H,16,17)(H,18,19). The number of hydrogen-bond acceptors (Lipinski definition) is 2. The van der Waals surface area contributed by atoms with Crippen LogP contribution in [0.15, 0.2) is 6.07 Å². The number of aromatic amines is 1. The maximum Gasteiger partial charge on any atom is 0.354 e. The summed E-state index contributed by atoms with van der Waals surface area (Å²) in [4.78, 5) is 26.1. The topological polar surface area (TPSA) is 82.2 Å². The highest BCUT2D eigenvalue weighted by Crippen LogP contribution is 2.43. The number of carbonyl (C=O) groups is 2. The lowest BCUT2D eigenvalue weighted by atomic mass is 9.81. The minimum atomic E-state index is -1.06. The van der Waals surface area contributed by atoms with Gasteiger partial charge in [-0.15, -0.1) is 0 Å². The minimum Gasteiger partial charge on any atom is -0.477 e. The van der Waals surface area contributed by atoms with E-state index in [1.807, 2.05) is 0 Å². The highest BCUT2D eigenvalue weighted by atomic mass is 16.4. The number of rotatable bonds is 3. The second-order valence-electron chi connectivity index (χ2n) is 5.97. The molecule has 1 atom stereocenters. The molecule has 0 radical (unpaired) electrons. The van der Waals surface area contributed by atoms with Crippen molar-refractivity contribution < 1.29 is 14.7 Å². The predicted molar refractivity (Wildman–Crippen MR) is 72.2 cm³/mol. The summed E-state index contributed by atoms with van der Waals surface area (Å²) in [6, 6.07) is 1.66. The van der Waals surface area contributed by atoms with Gasteiger partial charge in [-0.2, -0.15) is 0 Å². The highest BCUT2D eigenvalue weighted by Gasteiger charge is 2.39. The number of aromatic carboxylic acids is 1. The van der Waals surface area contributed by atoms with Gasteiger partial charge >= 0.3 is 5.97 Å². The van der Waals surface area contributed by atoms with Crippen molar-refractivity contribution in [3.05, 3.63) is 17.5 Å². The van der Waals surface area contributed by atoms with Gasteiger partial charge in [0.15, 0.2) is 0 Å². The van der Waals surface area contributed by atoms with Crippen LogP contribution in [0.1, 0.15) is 49.3 Å². The van der Waals surface area contributed by atoms with Gasteiger partial charge in [0.05, 0.1) is 5.69 Å². The first-order valence-corrected chi connectivity index (χ1v) is 6.55. The van der Waals surface area contributed by atoms with Crippen LogP contribution in [0.2, 0.25) is 0 Å². The number of carbonyl (C=O) groups excluding carboxylic acids is 1. The molecule has 0 saturated heterocycles. The molecule has 1 aromatic heterocycles. The van der Waals surface area contributed by atoms with E-state index in [0.717, 1.165) is 25.0 Å². The fourth-order valence-electron chi connectivity index (χ4n) is 2.89. The number of hydrogen-bond donors (Lipinski definition) is 3. The first kappa shape index (κ1) is 13.6. The van der Waals surface area contributed by atoms with E-state index in [9.17, 15) is 9.59 Å². The third-order valence-corrected chi connectivity index (χ3v) is 4.00. The summed E-state index contributed by atoms with van der Waals surface area (Å²) in [7, 11) is 0. The van der Waals surface area contributed by atoms with Gasteiger partial charge in [0.2, 0.25) is 5.91 Å². The number of aryl methyl sites for hydroxylation is 1. The van der Waals surface area contributed by atoms with E-state index < -0.39 is 5.97 Å². The fourth-order valence-corrected chi connectivity index (χ4v) is 2.89. The first-order chi connectivity index (χ1) is 8.81. The molecule has 1 heterocycles. The highest BCUT2D eigenvalue weighted by molar-refractivity contribution is 6.00. The lowest BCUT2D eigenvalue weighted by Crippen LogP contribution is -2.31. The Morgan fingerprint density at radius 1 is 1.47 bits per heavy atom. The van der Waals surface area contributed by atoms with Crippen molar-refractivity contribution in [2.45, 2.75) is 40.0 Å². The largest absolute Gasteiger partial charge is 0.477 e. The third-order valence-electron chi connectivity index (χ3n) is 4.00. The molecule has 0 aromatic carbocycles. The minimum absolute atomic E-state index is 0.0151. The molecule has 3 N–H and O–H groups in total. The number of aromatic nitrogens is 1. The van der Waals surface area contributed by atoms with E-state index in [1.165, 1.54) is 0 Å². The Hall–Kier alpha value is -1.78. The summed E-state index contributed by atoms with van der Waals surface area (Å²) in [6.45, 7) is 5.94. The molecule has 2 rings (SSSR count). The molecule has 5 nitrogen and oxygen atoms in total. The summed E-state index contributed by atoms with van der Waals surface area (Å²) >= 11 is 0. The van der Waals surface area contributed by atoms with Gasteiger partial charge in [0.25, 0.3) is 0 Å². The fraction of sp³-hybridized carbons (Fsp3) is 0.571. The van der Waals surface area contributed by atoms with Gasteiger partial charge in [0.1, 0.15) is 5.69 Å². The van der Waals surface area contributed by atoms with Gasteiger partial charge in [0, 0.05) is 11.6 Å². The van der Waals surface area contributed by atoms with Crippen LogP contribution in [0.5, 0.6) is 0 Å². The number of carboxylic acids is 1. The average Bonchev–Trinajstić information content (AvgIpc) is 2.81. The molecule has 1 fully saturated rings. The summed E-state index contributed by atoms with van der Waals surface area (Å²) in [6.07, 6.45) is 2.94. The van der Waals surface area contributed by atoms with Crippen LogP contribution >= 0.6 is 0 Å². The SMILES string of the molecule is Cc1cc(NC(=O)C2CCCC2(C)C)c(C(=O)O)[nH]1. The van der Waals surface area contributed by atoms with Gasteiger partial charge < -0.3 is 15.4 Å². The first-order valence-electron chi connectivity index (χ1n) is 6.55. The smallest absolute Gasteiger partial charge is 0.354 e. The van der Waals surface area contributed by atoms with Crippen LogP contribution in [-0.2, 0) is 4.79 Å². The molecule has 1 unspecified atom stereocenters. The van der Waals surface area contributed by atoms with Crippen LogP contribution in [0.4, 0.5) is 5.69 Å². The molecule has 1 amide bonds. The van der Waals surface area contributed by atoms with Crippen LogP contribution in [0.3, 0.4) is 0 Å². The van der Waals surface area contributed by atoms with Gasteiger partial charge in [-0.1, -0.05) is 20.3 Å². The molecule has 5 heteroatoms. The van der Waals surface area contributed by atoms with Gasteiger partial charge in [-0.25, -0.2) is 4.79 Å². The summed E-state index contributed by atoms with van der Waals surface area (Å²) in [5.74, 6) is -1.19. The predicted octanol–water partition coefficient (Wildman–Crippen LogP) is 2.79. The van der Waals surface area contributed by atoms with E-state index in [1.54, 1.807) is 13.0 Å². The Labute approximate surface area is 112 Å². The molecule has 1 aromatic rings. The normalized spacial score (nSPS) is 21.3. The summed E-state index contributed by atoms with van der Waals surface area (Å²) in [5.41, 5.74) is 1.11. The summed E-state index contributed by atoms with van der Waals surface area (Å²) in [5, 5.41) is 11.8. The lowest BCUT2D eigenvalue weighted by Gasteiger charge is -2.25. The number of nitrogens with one attached hydrogen (secondary N) is 2. The molecule has 1 saturated carbocycles. The number of anilines is 1. The Morgan fingerprint density at radius 2 is 2.16 bits per heavy atom. The second kappa shape index (κ2) is 4.72. The molecule has 0 aliphatic heterocycles. The van der Waals surface area contributed by atoms with Crippen molar-refractivity contribution in [3.8, 4) is 0 Å². The molecule has 0 bridgehead atoms. The van der Waals surface area contributed by atoms with Crippen molar-refractivity contribution in [1.82, 2.24) is 4.98 Å². The Balaban J connectivity index is 2.17. The molecule has 104 valence electrons. The van der Waals surface area contributed by atoms with Crippen molar-refractivity contribution in [1.29, 1.82) is 0 Å². The van der Waals surface area contributed by atoms with Crippen molar-refractivity contribution in [3.63, 3.8) is 0 Å². The van der Waals surface area contributed by atoms with E-state index >= 15 is 0 Å². The van der Waals surface area contributed by atoms with Crippen molar-refractivity contribution in [2.24, 2.45) is 11.3 Å². The molecule has 1 aliphatic rings. The Morgan fingerprint density at radius 3 is 2.68 bits per heavy atom. The number of carboxylic acid groups (broad SMARTS) is 1. The lowest BCUT2D eigenvalue weighted by molar-refractivity contribution is -0.122. The third kappa shape index (κ3) is 2.64. The maximum atomic E-state index is 12.3. The van der Waals surface area contributed by atoms with E-state index in [4.69, 9.17) is 5.11 Å². The average molecular weight is 264 g/mol. The molecule has 1 aliphatic carbocycles. The molecular formula is C14H20N2O3. The maximum absolute atomic E-state index is 12.3. The Kier molecular flexibility index (Phi) is 3.39. The molecule has 0 spiro atoms. The van der Waals surface area contributed by atoms with E-state index in [0.29, 0.717) is 5.69 Å². The van der Waals surface area contributed by atoms with Crippen LogP contribution < -0.4 is 5.32 Å². The van der Waals surface area contributed by atoms with Crippen LogP contribution in [0.25, 0.3) is 0 Å². The van der Waals surface area contributed by atoms with E-state index in [-0.39, 0.29) is 22.9 Å². The quantitative estimate of drug-likeness (QED) is 0.785. The summed E-state index contributed by atoms with van der Waals surface area (Å²) < 4.78 is 0. The molecular weight excluding hydrogens is 244 g/mol. The zero-order valence-corrected chi connectivity index (χ0v) is 11.5.